The molecule has 0 amide bonds. The molecule has 1 atom stereocenters. The summed E-state index contributed by atoms with van der Waals surface area (Å²) in [5.74, 6) is 1.09. The molecule has 1 aliphatic rings. The quantitative estimate of drug-likeness (QED) is 0.683. The third-order valence-corrected chi connectivity index (χ3v) is 2.00. The highest BCUT2D eigenvalue weighted by Gasteiger charge is 2.16. The Bertz CT molecular complexity index is 285. The molecule has 5 nitrogen and oxygen atoms in total. The number of rotatable bonds is 2. The summed E-state index contributed by atoms with van der Waals surface area (Å²) in [6.45, 7) is 1.52. The molecule has 13 heavy (non-hydrogen) atoms. The molecule has 0 bridgehead atoms. The van der Waals surface area contributed by atoms with Gasteiger partial charge in [0.05, 0.1) is 12.6 Å². The van der Waals surface area contributed by atoms with Crippen molar-refractivity contribution in [2.45, 2.75) is 12.5 Å². The summed E-state index contributed by atoms with van der Waals surface area (Å²) in [7, 11) is 0. The van der Waals surface area contributed by atoms with E-state index in [1.807, 2.05) is 0 Å². The first kappa shape index (κ1) is 8.25. The number of hydrogen-bond acceptors (Lipinski definition) is 5. The van der Waals surface area contributed by atoms with Crippen molar-refractivity contribution in [3.8, 4) is 0 Å². The summed E-state index contributed by atoms with van der Waals surface area (Å²) in [6, 6.07) is 0.319. The van der Waals surface area contributed by atoms with Crippen molar-refractivity contribution in [1.82, 2.24) is 9.97 Å². The number of nitrogens with one attached hydrogen (secondary N) is 1. The number of anilines is 2. The third kappa shape index (κ3) is 1.86. The Morgan fingerprint density at radius 2 is 2.31 bits per heavy atom. The van der Waals surface area contributed by atoms with Gasteiger partial charge in [0, 0.05) is 19.0 Å². The smallest absolute Gasteiger partial charge is 0.169 e. The predicted octanol–water partition coefficient (Wildman–Crippen LogP) is 0.260. The lowest BCUT2D eigenvalue weighted by molar-refractivity contribution is 0.195. The summed E-state index contributed by atoms with van der Waals surface area (Å²) in [5, 5.41) is 3.19. The van der Waals surface area contributed by atoms with Crippen LogP contribution in [0.2, 0.25) is 0 Å². The van der Waals surface area contributed by atoms with Crippen LogP contribution in [0, 0.1) is 0 Å². The topological polar surface area (TPSA) is 73.1 Å². The van der Waals surface area contributed by atoms with Crippen molar-refractivity contribution >= 4 is 11.6 Å². The minimum atomic E-state index is 0.319. The van der Waals surface area contributed by atoms with E-state index >= 15 is 0 Å². The highest BCUT2D eigenvalue weighted by molar-refractivity contribution is 5.55. The Kier molecular flexibility index (Phi) is 2.27. The predicted molar refractivity (Wildman–Crippen MR) is 49.3 cm³/mol. The van der Waals surface area contributed by atoms with Crippen LogP contribution in [0.25, 0.3) is 0 Å². The molecule has 0 radical (unpaired) electrons. The van der Waals surface area contributed by atoms with Crippen LogP contribution < -0.4 is 11.1 Å². The van der Waals surface area contributed by atoms with Crippen LogP contribution in [0.15, 0.2) is 12.4 Å². The molecule has 1 aromatic rings. The average molecular weight is 180 g/mol. The molecule has 0 spiro atoms. The Hall–Kier alpha value is -1.36. The Morgan fingerprint density at radius 1 is 1.46 bits per heavy atom. The summed E-state index contributed by atoms with van der Waals surface area (Å²) in [5.41, 5.74) is 5.62. The zero-order valence-corrected chi connectivity index (χ0v) is 7.23. The van der Waals surface area contributed by atoms with E-state index in [1.165, 1.54) is 0 Å². The number of ether oxygens (including phenoxy) is 1. The normalized spacial score (nSPS) is 21.7. The lowest BCUT2D eigenvalue weighted by atomic mass is 10.2. The first-order chi connectivity index (χ1) is 6.36. The molecule has 1 saturated heterocycles. The SMILES string of the molecule is Nc1nccnc1NC1CCOC1. The monoisotopic (exact) mass is 180 g/mol. The van der Waals surface area contributed by atoms with E-state index in [9.17, 15) is 0 Å². The highest BCUT2D eigenvalue weighted by Crippen LogP contribution is 2.14. The molecule has 2 rings (SSSR count). The fourth-order valence-corrected chi connectivity index (χ4v) is 1.30. The number of nitrogens with zero attached hydrogens (tertiary/aromatic N) is 2. The van der Waals surface area contributed by atoms with E-state index in [0.29, 0.717) is 17.7 Å². The lowest BCUT2D eigenvalue weighted by Gasteiger charge is -2.11. The van der Waals surface area contributed by atoms with Crippen molar-refractivity contribution in [2.24, 2.45) is 0 Å². The fourth-order valence-electron chi connectivity index (χ4n) is 1.30. The van der Waals surface area contributed by atoms with Gasteiger partial charge in [0.15, 0.2) is 11.6 Å². The summed E-state index contributed by atoms with van der Waals surface area (Å²) < 4.78 is 5.22. The van der Waals surface area contributed by atoms with Gasteiger partial charge >= 0.3 is 0 Å². The fraction of sp³-hybridized carbons (Fsp3) is 0.500. The van der Waals surface area contributed by atoms with Crippen molar-refractivity contribution in [2.75, 3.05) is 24.3 Å². The minimum absolute atomic E-state index is 0.319. The molecule has 1 aromatic heterocycles. The maximum Gasteiger partial charge on any atom is 0.169 e. The third-order valence-electron chi connectivity index (χ3n) is 2.00. The molecule has 1 aliphatic heterocycles. The molecule has 1 unspecified atom stereocenters. The average Bonchev–Trinajstić information content (AvgIpc) is 2.61. The Morgan fingerprint density at radius 3 is 3.00 bits per heavy atom. The minimum Gasteiger partial charge on any atom is -0.381 e. The molecule has 0 aliphatic carbocycles. The zero-order chi connectivity index (χ0) is 9.10. The number of hydrogen-bond donors (Lipinski definition) is 2. The molecule has 0 saturated carbocycles. The number of nitrogens with two attached hydrogens (primary N) is 1. The molecular formula is C8H12N4O. The summed E-state index contributed by atoms with van der Waals surface area (Å²) in [6.07, 6.45) is 4.19. The highest BCUT2D eigenvalue weighted by atomic mass is 16.5. The van der Waals surface area contributed by atoms with Gasteiger partial charge in [-0.15, -0.1) is 0 Å². The van der Waals surface area contributed by atoms with Gasteiger partial charge in [-0.05, 0) is 6.42 Å². The van der Waals surface area contributed by atoms with Crippen molar-refractivity contribution in [3.63, 3.8) is 0 Å². The maximum absolute atomic E-state index is 5.62. The van der Waals surface area contributed by atoms with E-state index in [4.69, 9.17) is 10.5 Å². The first-order valence-electron chi connectivity index (χ1n) is 4.27. The van der Waals surface area contributed by atoms with Gasteiger partial charge in [0.1, 0.15) is 0 Å². The van der Waals surface area contributed by atoms with Gasteiger partial charge in [-0.25, -0.2) is 9.97 Å². The number of nitrogen functional groups attached to an aromatic ring is 1. The number of aromatic nitrogens is 2. The molecule has 0 aromatic carbocycles. The molecule has 5 heteroatoms. The second kappa shape index (κ2) is 3.57. The van der Waals surface area contributed by atoms with Gasteiger partial charge in [-0.2, -0.15) is 0 Å². The Balaban J connectivity index is 2.04. The van der Waals surface area contributed by atoms with Crippen LogP contribution in [-0.4, -0.2) is 29.2 Å². The van der Waals surface area contributed by atoms with E-state index < -0.39 is 0 Å². The van der Waals surface area contributed by atoms with Crippen molar-refractivity contribution in [3.05, 3.63) is 12.4 Å². The largest absolute Gasteiger partial charge is 0.381 e. The molecule has 2 heterocycles. The molecule has 3 N–H and O–H groups in total. The van der Waals surface area contributed by atoms with Crippen LogP contribution in [-0.2, 0) is 4.74 Å². The standard InChI is InChI=1S/C8H12N4O/c9-7-8(11-3-2-10-7)12-6-1-4-13-5-6/h2-3,6H,1,4-5H2,(H2,9,10)(H,11,12). The van der Waals surface area contributed by atoms with Crippen LogP contribution in [0.1, 0.15) is 6.42 Å². The maximum atomic E-state index is 5.62. The van der Waals surface area contributed by atoms with Crippen LogP contribution in [0.4, 0.5) is 11.6 Å². The summed E-state index contributed by atoms with van der Waals surface area (Å²) >= 11 is 0. The van der Waals surface area contributed by atoms with Gasteiger partial charge in [-0.3, -0.25) is 0 Å². The zero-order valence-electron chi connectivity index (χ0n) is 7.23. The second-order valence-corrected chi connectivity index (χ2v) is 3.00. The van der Waals surface area contributed by atoms with E-state index in [1.54, 1.807) is 12.4 Å². The van der Waals surface area contributed by atoms with Crippen molar-refractivity contribution in [1.29, 1.82) is 0 Å². The first-order valence-corrected chi connectivity index (χ1v) is 4.27. The Labute approximate surface area is 76.3 Å². The molecular weight excluding hydrogens is 168 g/mol. The van der Waals surface area contributed by atoms with Gasteiger partial charge in [0.2, 0.25) is 0 Å². The molecule has 1 fully saturated rings. The van der Waals surface area contributed by atoms with Crippen LogP contribution >= 0.6 is 0 Å². The van der Waals surface area contributed by atoms with Crippen LogP contribution in [0.5, 0.6) is 0 Å². The lowest BCUT2D eigenvalue weighted by Crippen LogP contribution is -2.20. The summed E-state index contributed by atoms with van der Waals surface area (Å²) in [4.78, 5) is 8.02. The van der Waals surface area contributed by atoms with E-state index in [-0.39, 0.29) is 0 Å². The second-order valence-electron chi connectivity index (χ2n) is 3.00. The van der Waals surface area contributed by atoms with Gasteiger partial charge in [0.25, 0.3) is 0 Å². The molecule has 70 valence electrons. The van der Waals surface area contributed by atoms with Gasteiger partial charge < -0.3 is 15.8 Å². The van der Waals surface area contributed by atoms with Crippen molar-refractivity contribution < 1.29 is 4.74 Å². The van der Waals surface area contributed by atoms with E-state index in [2.05, 4.69) is 15.3 Å². The van der Waals surface area contributed by atoms with Crippen LogP contribution in [0.3, 0.4) is 0 Å². The van der Waals surface area contributed by atoms with Gasteiger partial charge in [-0.1, -0.05) is 0 Å². The van der Waals surface area contributed by atoms with E-state index in [0.717, 1.165) is 19.6 Å².